The minimum atomic E-state index is -2.64. The van der Waals surface area contributed by atoms with Crippen LogP contribution in [0.1, 0.15) is 19.3 Å². The SMILES string of the molecule is CO[C@]1(O)[C@@H](O)[C@@H](O)[C@@H](/C(O)=C2\CCCCN2)O[C@@]1(O)S. The number of thiol groups is 1. The van der Waals surface area contributed by atoms with E-state index in [-0.39, 0.29) is 5.76 Å². The van der Waals surface area contributed by atoms with Gasteiger partial charge in [-0.05, 0) is 19.3 Å². The molecule has 0 bridgehead atoms. The Bertz CT molecular complexity index is 422. The van der Waals surface area contributed by atoms with Crippen LogP contribution in [0.25, 0.3) is 0 Å². The highest BCUT2D eigenvalue weighted by atomic mass is 32.1. The Hall–Kier alpha value is -0.550. The van der Waals surface area contributed by atoms with Crippen molar-refractivity contribution in [3.05, 3.63) is 11.5 Å². The van der Waals surface area contributed by atoms with Crippen molar-refractivity contribution in [3.63, 3.8) is 0 Å². The maximum Gasteiger partial charge on any atom is 0.272 e. The van der Waals surface area contributed by atoms with Crippen LogP contribution in [-0.4, -0.2) is 68.4 Å². The van der Waals surface area contributed by atoms with Crippen LogP contribution >= 0.6 is 12.6 Å². The molecule has 122 valence electrons. The molecule has 2 fully saturated rings. The van der Waals surface area contributed by atoms with E-state index >= 15 is 0 Å². The first-order chi connectivity index (χ1) is 9.74. The van der Waals surface area contributed by atoms with Gasteiger partial charge >= 0.3 is 0 Å². The first-order valence-electron chi connectivity index (χ1n) is 6.66. The Labute approximate surface area is 127 Å². The Balaban J connectivity index is 2.30. The predicted octanol–water partition coefficient (Wildman–Crippen LogP) is -1.44. The molecule has 2 saturated heterocycles. The number of nitrogens with one attached hydrogen (secondary N) is 1. The van der Waals surface area contributed by atoms with Crippen molar-refractivity contribution in [3.8, 4) is 0 Å². The summed E-state index contributed by atoms with van der Waals surface area (Å²) in [5.41, 5.74) is 0.462. The van der Waals surface area contributed by atoms with E-state index < -0.39 is 29.2 Å². The largest absolute Gasteiger partial charge is 0.508 e. The predicted molar refractivity (Wildman–Crippen MR) is 74.3 cm³/mol. The summed E-state index contributed by atoms with van der Waals surface area (Å²) < 4.78 is 9.70. The zero-order valence-corrected chi connectivity index (χ0v) is 12.5. The topological polar surface area (TPSA) is 132 Å². The highest BCUT2D eigenvalue weighted by Crippen LogP contribution is 2.41. The lowest BCUT2D eigenvalue weighted by molar-refractivity contribution is -0.413. The molecule has 0 aromatic rings. The van der Waals surface area contributed by atoms with Crippen LogP contribution in [0.2, 0.25) is 0 Å². The van der Waals surface area contributed by atoms with Gasteiger partial charge in [-0.2, -0.15) is 0 Å². The van der Waals surface area contributed by atoms with E-state index in [0.717, 1.165) is 20.0 Å². The minimum absolute atomic E-state index is 0.341. The van der Waals surface area contributed by atoms with Crippen LogP contribution in [0.4, 0.5) is 0 Å². The van der Waals surface area contributed by atoms with Crippen molar-refractivity contribution in [1.29, 1.82) is 0 Å². The molecular formula is C12H21NO7S. The highest BCUT2D eigenvalue weighted by molar-refractivity contribution is 7.81. The van der Waals surface area contributed by atoms with E-state index in [1.54, 1.807) is 0 Å². The number of piperidine rings is 1. The first-order valence-corrected chi connectivity index (χ1v) is 7.11. The summed E-state index contributed by atoms with van der Waals surface area (Å²) >= 11 is 3.73. The van der Waals surface area contributed by atoms with Gasteiger partial charge in [-0.25, -0.2) is 0 Å². The van der Waals surface area contributed by atoms with Crippen molar-refractivity contribution in [1.82, 2.24) is 5.32 Å². The van der Waals surface area contributed by atoms with Gasteiger partial charge in [-0.3, -0.25) is 0 Å². The number of hydrogen-bond donors (Lipinski definition) is 7. The molecule has 0 amide bonds. The zero-order chi connectivity index (χ0) is 15.8. The number of aliphatic hydroxyl groups is 5. The summed E-state index contributed by atoms with van der Waals surface area (Å²) in [7, 11) is 1.02. The first kappa shape index (κ1) is 16.8. The van der Waals surface area contributed by atoms with Crippen molar-refractivity contribution in [2.45, 2.75) is 48.5 Å². The molecule has 21 heavy (non-hydrogen) atoms. The second-order valence-electron chi connectivity index (χ2n) is 5.23. The summed E-state index contributed by atoms with van der Waals surface area (Å²) in [6.45, 7) is 0.665. The third-order valence-corrected chi connectivity index (χ3v) is 4.30. The maximum absolute atomic E-state index is 10.2. The molecule has 0 aliphatic carbocycles. The molecule has 0 unspecified atom stereocenters. The van der Waals surface area contributed by atoms with Gasteiger partial charge < -0.3 is 40.3 Å². The number of hydrogen-bond acceptors (Lipinski definition) is 9. The van der Waals surface area contributed by atoms with E-state index in [0.29, 0.717) is 18.7 Å². The van der Waals surface area contributed by atoms with Crippen LogP contribution < -0.4 is 5.32 Å². The smallest absolute Gasteiger partial charge is 0.272 e. The molecule has 0 aromatic carbocycles. The minimum Gasteiger partial charge on any atom is -0.508 e. The fourth-order valence-corrected chi connectivity index (χ4v) is 2.87. The average Bonchev–Trinajstić information content (AvgIpc) is 2.49. The molecule has 0 radical (unpaired) electrons. The molecule has 0 aromatic heterocycles. The zero-order valence-electron chi connectivity index (χ0n) is 11.6. The maximum atomic E-state index is 10.2. The number of ether oxygens (including phenoxy) is 2. The number of aliphatic hydroxyl groups excluding tert-OH is 3. The average molecular weight is 323 g/mol. The van der Waals surface area contributed by atoms with E-state index in [1.165, 1.54) is 0 Å². The molecule has 5 atom stereocenters. The van der Waals surface area contributed by atoms with Gasteiger partial charge in [0, 0.05) is 13.7 Å². The lowest BCUT2D eigenvalue weighted by Crippen LogP contribution is -2.71. The van der Waals surface area contributed by atoms with Crippen LogP contribution in [0.5, 0.6) is 0 Å². The molecule has 2 aliphatic rings. The van der Waals surface area contributed by atoms with Gasteiger partial charge in [-0.15, -0.1) is 12.6 Å². The second kappa shape index (κ2) is 5.92. The Morgan fingerprint density at radius 2 is 2.05 bits per heavy atom. The molecule has 9 heteroatoms. The Morgan fingerprint density at radius 3 is 2.57 bits per heavy atom. The molecule has 6 N–H and O–H groups in total. The summed E-state index contributed by atoms with van der Waals surface area (Å²) in [6.07, 6.45) is -2.74. The van der Waals surface area contributed by atoms with Crippen LogP contribution in [0.15, 0.2) is 11.5 Å². The van der Waals surface area contributed by atoms with Crippen molar-refractivity contribution in [2.24, 2.45) is 0 Å². The fourth-order valence-electron chi connectivity index (χ4n) is 2.54. The van der Waals surface area contributed by atoms with Crippen molar-refractivity contribution in [2.75, 3.05) is 13.7 Å². The fraction of sp³-hybridized carbons (Fsp3) is 0.833. The summed E-state index contributed by atoms with van der Waals surface area (Å²) in [5.74, 6) is -2.98. The third-order valence-electron chi connectivity index (χ3n) is 3.87. The summed E-state index contributed by atoms with van der Waals surface area (Å²) in [4.78, 5) is 0. The molecule has 0 saturated carbocycles. The molecular weight excluding hydrogens is 302 g/mol. The van der Waals surface area contributed by atoms with Crippen molar-refractivity contribution >= 4 is 12.6 Å². The summed E-state index contributed by atoms with van der Waals surface area (Å²) in [5, 5.41) is 50.7. The van der Waals surface area contributed by atoms with E-state index in [9.17, 15) is 25.5 Å². The lowest BCUT2D eigenvalue weighted by Gasteiger charge is -2.49. The molecule has 2 rings (SSSR count). The van der Waals surface area contributed by atoms with Gasteiger partial charge in [-0.1, -0.05) is 0 Å². The Morgan fingerprint density at radius 1 is 1.38 bits per heavy atom. The van der Waals surface area contributed by atoms with Gasteiger partial charge in [0.1, 0.15) is 24.1 Å². The molecule has 0 spiro atoms. The molecule has 2 aliphatic heterocycles. The van der Waals surface area contributed by atoms with Crippen LogP contribution in [-0.2, 0) is 9.47 Å². The second-order valence-corrected chi connectivity index (χ2v) is 5.84. The quantitative estimate of drug-likeness (QED) is 0.187. The number of methoxy groups -OCH3 is 1. The monoisotopic (exact) mass is 323 g/mol. The third kappa shape index (κ3) is 2.74. The van der Waals surface area contributed by atoms with Crippen LogP contribution in [0.3, 0.4) is 0 Å². The van der Waals surface area contributed by atoms with Gasteiger partial charge in [0.05, 0.1) is 5.70 Å². The lowest BCUT2D eigenvalue weighted by atomic mass is 9.93. The normalized spacial score (nSPS) is 46.9. The number of allylic oxidation sites excluding steroid dienone is 1. The molecule has 8 nitrogen and oxygen atoms in total. The van der Waals surface area contributed by atoms with Gasteiger partial charge in [0.25, 0.3) is 10.9 Å². The summed E-state index contributed by atoms with van der Waals surface area (Å²) in [6, 6.07) is 0. The van der Waals surface area contributed by atoms with Gasteiger partial charge in [0.2, 0.25) is 0 Å². The Kier molecular flexibility index (Phi) is 4.74. The number of rotatable bonds is 2. The standard InChI is InChI=1S/C12H21NO7S/c1-19-11(17)10(16)8(15)9(20-12(11,18)21)7(14)6-4-2-3-5-13-6/h8-10,13-18,21H,2-5H2,1H3/b7-6-/t8-,9+,10-,11+,12+/m0/s1. The van der Waals surface area contributed by atoms with E-state index in [2.05, 4.69) is 22.7 Å². The van der Waals surface area contributed by atoms with Crippen LogP contribution in [0, 0.1) is 0 Å². The van der Waals surface area contributed by atoms with E-state index in [1.807, 2.05) is 0 Å². The van der Waals surface area contributed by atoms with Gasteiger partial charge in [0.15, 0.2) is 0 Å². The molecule has 2 heterocycles. The van der Waals surface area contributed by atoms with E-state index in [4.69, 9.17) is 4.74 Å². The highest BCUT2D eigenvalue weighted by Gasteiger charge is 2.64. The van der Waals surface area contributed by atoms with Crippen molar-refractivity contribution < 1.29 is 35.0 Å².